The summed E-state index contributed by atoms with van der Waals surface area (Å²) in [6.45, 7) is 3.60. The van der Waals surface area contributed by atoms with Gasteiger partial charge in [0.05, 0.1) is 23.7 Å². The number of aromatic nitrogens is 1. The van der Waals surface area contributed by atoms with Gasteiger partial charge in [-0.05, 0) is 17.5 Å². The van der Waals surface area contributed by atoms with Crippen molar-refractivity contribution in [3.63, 3.8) is 0 Å². The van der Waals surface area contributed by atoms with Gasteiger partial charge in [-0.1, -0.05) is 29.4 Å². The number of piperazine rings is 1. The van der Waals surface area contributed by atoms with Crippen molar-refractivity contribution >= 4 is 11.3 Å². The number of benzene rings is 1. The van der Waals surface area contributed by atoms with Gasteiger partial charge in [0.25, 0.3) is 0 Å². The SMILES string of the molecule is COc1ccccc1C1CNCCN1Cc1cc(-c2cccs2)on1. The summed E-state index contributed by atoms with van der Waals surface area (Å²) in [5, 5.41) is 9.81. The normalized spacial score (nSPS) is 18.4. The summed E-state index contributed by atoms with van der Waals surface area (Å²) < 4.78 is 11.1. The Morgan fingerprint density at radius 3 is 3.08 bits per heavy atom. The average molecular weight is 355 g/mol. The lowest BCUT2D eigenvalue weighted by atomic mass is 10.0. The lowest BCUT2D eigenvalue weighted by molar-refractivity contribution is 0.147. The fourth-order valence-electron chi connectivity index (χ4n) is 3.31. The molecule has 1 N–H and O–H groups in total. The van der Waals surface area contributed by atoms with Crippen LogP contribution in [0.4, 0.5) is 0 Å². The number of nitrogens with one attached hydrogen (secondary N) is 1. The van der Waals surface area contributed by atoms with Gasteiger partial charge in [-0.2, -0.15) is 0 Å². The number of para-hydroxylation sites is 1. The molecule has 0 bridgehead atoms. The predicted molar refractivity (Wildman–Crippen MR) is 98.8 cm³/mol. The van der Waals surface area contributed by atoms with Crippen molar-refractivity contribution in [2.45, 2.75) is 12.6 Å². The number of hydrogen-bond donors (Lipinski definition) is 1. The predicted octanol–water partition coefficient (Wildman–Crippen LogP) is 3.56. The Balaban J connectivity index is 1.55. The molecule has 0 saturated carbocycles. The third kappa shape index (κ3) is 3.46. The van der Waals surface area contributed by atoms with E-state index in [2.05, 4.69) is 33.6 Å². The first-order valence-electron chi connectivity index (χ1n) is 8.42. The first-order valence-corrected chi connectivity index (χ1v) is 9.30. The van der Waals surface area contributed by atoms with Gasteiger partial charge in [0.2, 0.25) is 0 Å². The second-order valence-electron chi connectivity index (χ2n) is 6.09. The Hall–Kier alpha value is -2.15. The molecule has 1 unspecified atom stereocenters. The van der Waals surface area contributed by atoms with Gasteiger partial charge in [-0.25, -0.2) is 0 Å². The maximum atomic E-state index is 5.56. The minimum absolute atomic E-state index is 0.256. The van der Waals surface area contributed by atoms with Gasteiger partial charge in [0, 0.05) is 37.8 Å². The lowest BCUT2D eigenvalue weighted by Crippen LogP contribution is -2.45. The average Bonchev–Trinajstić information content (AvgIpc) is 3.34. The minimum atomic E-state index is 0.256. The molecule has 0 spiro atoms. The Bertz CT molecular complexity index is 816. The van der Waals surface area contributed by atoms with Crippen LogP contribution in [0.15, 0.2) is 52.4 Å². The second kappa shape index (κ2) is 7.39. The van der Waals surface area contributed by atoms with Crippen LogP contribution in [0.2, 0.25) is 0 Å². The molecule has 0 aliphatic carbocycles. The van der Waals surface area contributed by atoms with Crippen LogP contribution in [0, 0.1) is 0 Å². The van der Waals surface area contributed by atoms with Crippen LogP contribution in [0.1, 0.15) is 17.3 Å². The van der Waals surface area contributed by atoms with Crippen molar-refractivity contribution in [2.75, 3.05) is 26.7 Å². The summed E-state index contributed by atoms with van der Waals surface area (Å²) >= 11 is 1.66. The number of rotatable bonds is 5. The third-order valence-corrected chi connectivity index (χ3v) is 5.42. The summed E-state index contributed by atoms with van der Waals surface area (Å²) in [6, 6.07) is 14.6. The molecule has 4 rings (SSSR count). The highest BCUT2D eigenvalue weighted by Gasteiger charge is 2.27. The maximum Gasteiger partial charge on any atom is 0.177 e. The fourth-order valence-corrected chi connectivity index (χ4v) is 3.99. The molecule has 1 aromatic carbocycles. The van der Waals surface area contributed by atoms with E-state index in [0.717, 1.165) is 48.3 Å². The van der Waals surface area contributed by atoms with Crippen molar-refractivity contribution in [3.05, 3.63) is 59.1 Å². The highest BCUT2D eigenvalue weighted by atomic mass is 32.1. The van der Waals surface area contributed by atoms with Crippen molar-refractivity contribution in [3.8, 4) is 16.4 Å². The lowest BCUT2D eigenvalue weighted by Gasteiger charge is -2.36. The van der Waals surface area contributed by atoms with Crippen LogP contribution < -0.4 is 10.1 Å². The molecule has 0 amide bonds. The van der Waals surface area contributed by atoms with Crippen molar-refractivity contribution in [2.24, 2.45) is 0 Å². The summed E-state index contributed by atoms with van der Waals surface area (Å²) in [4.78, 5) is 3.55. The van der Waals surface area contributed by atoms with Crippen LogP contribution in [-0.4, -0.2) is 36.8 Å². The monoisotopic (exact) mass is 355 g/mol. The van der Waals surface area contributed by atoms with Crippen molar-refractivity contribution < 1.29 is 9.26 Å². The number of thiophene rings is 1. The van der Waals surface area contributed by atoms with Gasteiger partial charge in [-0.3, -0.25) is 4.90 Å². The number of hydrogen-bond acceptors (Lipinski definition) is 6. The number of ether oxygens (including phenoxy) is 1. The van der Waals surface area contributed by atoms with Crippen LogP contribution in [0.3, 0.4) is 0 Å². The molecule has 2 aromatic heterocycles. The quantitative estimate of drug-likeness (QED) is 0.758. The van der Waals surface area contributed by atoms with E-state index in [4.69, 9.17) is 9.26 Å². The molecule has 1 aliphatic rings. The van der Waals surface area contributed by atoms with Crippen LogP contribution in [0.5, 0.6) is 5.75 Å². The molecule has 130 valence electrons. The molecule has 1 saturated heterocycles. The molecular formula is C19H21N3O2S. The van der Waals surface area contributed by atoms with E-state index >= 15 is 0 Å². The first-order chi connectivity index (χ1) is 12.3. The summed E-state index contributed by atoms with van der Waals surface area (Å²) in [7, 11) is 1.73. The molecule has 3 aromatic rings. The standard InChI is InChI=1S/C19H21N3O2S/c1-23-17-6-3-2-5-15(17)16-12-20-8-9-22(16)13-14-11-18(24-21-14)19-7-4-10-25-19/h2-7,10-11,16,20H,8-9,12-13H2,1H3. The molecule has 6 heteroatoms. The Morgan fingerprint density at radius 2 is 2.24 bits per heavy atom. The fraction of sp³-hybridized carbons (Fsp3) is 0.316. The minimum Gasteiger partial charge on any atom is -0.496 e. The third-order valence-electron chi connectivity index (χ3n) is 4.54. The van der Waals surface area contributed by atoms with Gasteiger partial charge in [0.1, 0.15) is 5.75 Å². The Kier molecular flexibility index (Phi) is 4.83. The zero-order valence-electron chi connectivity index (χ0n) is 14.1. The highest BCUT2D eigenvalue weighted by molar-refractivity contribution is 7.13. The second-order valence-corrected chi connectivity index (χ2v) is 7.04. The van der Waals surface area contributed by atoms with E-state index in [0.29, 0.717) is 0 Å². The number of nitrogens with zero attached hydrogens (tertiary/aromatic N) is 2. The Labute approximate surface area is 151 Å². The van der Waals surface area contributed by atoms with Crippen molar-refractivity contribution in [1.29, 1.82) is 0 Å². The van der Waals surface area contributed by atoms with E-state index in [1.54, 1.807) is 18.4 Å². The largest absolute Gasteiger partial charge is 0.496 e. The Morgan fingerprint density at radius 1 is 1.32 bits per heavy atom. The molecule has 1 atom stereocenters. The number of methoxy groups -OCH3 is 1. The van der Waals surface area contributed by atoms with E-state index in [1.165, 1.54) is 5.56 Å². The summed E-state index contributed by atoms with van der Waals surface area (Å²) in [6.07, 6.45) is 0. The van der Waals surface area contributed by atoms with Gasteiger partial charge >= 0.3 is 0 Å². The van der Waals surface area contributed by atoms with E-state index in [1.807, 2.05) is 29.6 Å². The van der Waals surface area contributed by atoms with Crippen molar-refractivity contribution in [1.82, 2.24) is 15.4 Å². The maximum absolute atomic E-state index is 5.56. The highest BCUT2D eigenvalue weighted by Crippen LogP contribution is 2.32. The van der Waals surface area contributed by atoms with Gasteiger partial charge in [0.15, 0.2) is 5.76 Å². The van der Waals surface area contributed by atoms with Gasteiger partial charge in [-0.15, -0.1) is 11.3 Å². The zero-order chi connectivity index (χ0) is 17.1. The molecule has 1 aliphatic heterocycles. The summed E-state index contributed by atoms with van der Waals surface area (Å²) in [5.41, 5.74) is 2.17. The topological polar surface area (TPSA) is 50.5 Å². The van der Waals surface area contributed by atoms with E-state index in [9.17, 15) is 0 Å². The zero-order valence-corrected chi connectivity index (χ0v) is 15.0. The molecule has 5 nitrogen and oxygen atoms in total. The van der Waals surface area contributed by atoms with Crippen LogP contribution in [-0.2, 0) is 6.54 Å². The molecule has 3 heterocycles. The van der Waals surface area contributed by atoms with E-state index < -0.39 is 0 Å². The van der Waals surface area contributed by atoms with E-state index in [-0.39, 0.29) is 6.04 Å². The van der Waals surface area contributed by atoms with Crippen LogP contribution in [0.25, 0.3) is 10.6 Å². The van der Waals surface area contributed by atoms with Crippen LogP contribution >= 0.6 is 11.3 Å². The van der Waals surface area contributed by atoms with Gasteiger partial charge < -0.3 is 14.6 Å². The smallest absolute Gasteiger partial charge is 0.177 e. The molecular weight excluding hydrogens is 334 g/mol. The summed E-state index contributed by atoms with van der Waals surface area (Å²) in [5.74, 6) is 1.77. The molecule has 0 radical (unpaired) electrons. The first kappa shape index (κ1) is 16.3. The molecule has 1 fully saturated rings. The molecule has 25 heavy (non-hydrogen) atoms.